The Bertz CT molecular complexity index is 638. The van der Waals surface area contributed by atoms with Crippen LogP contribution in [0.1, 0.15) is 29.8 Å². The number of halogens is 2. The van der Waals surface area contributed by atoms with Crippen LogP contribution in [0.3, 0.4) is 0 Å². The standard InChI is InChI=1S/C12H12BrClN4O/c13-11-10(12(19)15-6-7-2-1-3-7)16-9-5-4-8(14)17-18(9)11/h4-5,7H,1-3,6H2,(H,15,19). The number of nitrogens with zero attached hydrogens (tertiary/aromatic N) is 3. The van der Waals surface area contributed by atoms with E-state index < -0.39 is 0 Å². The van der Waals surface area contributed by atoms with Gasteiger partial charge in [0, 0.05) is 6.54 Å². The largest absolute Gasteiger partial charge is 0.350 e. The van der Waals surface area contributed by atoms with Gasteiger partial charge >= 0.3 is 0 Å². The Balaban J connectivity index is 1.83. The Morgan fingerprint density at radius 3 is 3.00 bits per heavy atom. The monoisotopic (exact) mass is 342 g/mol. The molecule has 0 radical (unpaired) electrons. The first-order chi connectivity index (χ1) is 9.15. The van der Waals surface area contributed by atoms with E-state index in [0.29, 0.717) is 33.6 Å². The highest BCUT2D eigenvalue weighted by atomic mass is 79.9. The number of fused-ring (bicyclic) bond motifs is 1. The van der Waals surface area contributed by atoms with Gasteiger partial charge in [0.1, 0.15) is 9.76 Å². The van der Waals surface area contributed by atoms with E-state index in [0.717, 1.165) is 0 Å². The van der Waals surface area contributed by atoms with E-state index in [1.165, 1.54) is 23.8 Å². The number of aromatic nitrogens is 3. The fourth-order valence-corrected chi connectivity index (χ4v) is 2.71. The van der Waals surface area contributed by atoms with Crippen molar-refractivity contribution in [3.05, 3.63) is 27.6 Å². The Hall–Kier alpha value is -1.14. The maximum absolute atomic E-state index is 12.1. The Morgan fingerprint density at radius 2 is 2.32 bits per heavy atom. The molecule has 1 saturated carbocycles. The van der Waals surface area contributed by atoms with E-state index in [2.05, 4.69) is 31.3 Å². The topological polar surface area (TPSA) is 59.3 Å². The molecule has 1 N–H and O–H groups in total. The molecule has 0 saturated heterocycles. The van der Waals surface area contributed by atoms with Gasteiger partial charge in [-0.2, -0.15) is 5.10 Å². The lowest BCUT2D eigenvalue weighted by Crippen LogP contribution is -2.32. The average Bonchev–Trinajstić information content (AvgIpc) is 2.65. The fraction of sp³-hybridized carbons (Fsp3) is 0.417. The maximum atomic E-state index is 12.1. The second-order valence-corrected chi connectivity index (χ2v) is 5.82. The van der Waals surface area contributed by atoms with Gasteiger partial charge in [-0.1, -0.05) is 18.0 Å². The first-order valence-corrected chi connectivity index (χ1v) is 7.31. The van der Waals surface area contributed by atoms with Crippen LogP contribution in [0.2, 0.25) is 5.15 Å². The number of amides is 1. The number of carbonyl (C=O) groups excluding carboxylic acids is 1. The number of rotatable bonds is 3. The molecule has 19 heavy (non-hydrogen) atoms. The summed E-state index contributed by atoms with van der Waals surface area (Å²) >= 11 is 9.17. The van der Waals surface area contributed by atoms with Gasteiger partial charge in [-0.05, 0) is 46.8 Å². The van der Waals surface area contributed by atoms with Gasteiger partial charge in [-0.3, -0.25) is 4.79 Å². The van der Waals surface area contributed by atoms with Crippen molar-refractivity contribution in [1.29, 1.82) is 0 Å². The SMILES string of the molecule is O=C(NCC1CCC1)c1nc2ccc(Cl)nn2c1Br. The predicted molar refractivity (Wildman–Crippen MR) is 75.4 cm³/mol. The van der Waals surface area contributed by atoms with Crippen molar-refractivity contribution in [1.82, 2.24) is 19.9 Å². The third kappa shape index (κ3) is 2.47. The molecule has 0 bridgehead atoms. The summed E-state index contributed by atoms with van der Waals surface area (Å²) in [5, 5.41) is 7.36. The van der Waals surface area contributed by atoms with E-state index in [1.54, 1.807) is 12.1 Å². The zero-order chi connectivity index (χ0) is 13.4. The molecule has 0 atom stereocenters. The summed E-state index contributed by atoms with van der Waals surface area (Å²) in [5.74, 6) is 0.438. The smallest absolute Gasteiger partial charge is 0.272 e. The van der Waals surface area contributed by atoms with Gasteiger partial charge < -0.3 is 5.32 Å². The van der Waals surface area contributed by atoms with E-state index >= 15 is 0 Å². The molecule has 100 valence electrons. The lowest BCUT2D eigenvalue weighted by molar-refractivity contribution is 0.0933. The van der Waals surface area contributed by atoms with Crippen molar-refractivity contribution < 1.29 is 4.79 Å². The zero-order valence-electron chi connectivity index (χ0n) is 10.1. The van der Waals surface area contributed by atoms with Crippen molar-refractivity contribution in [3.8, 4) is 0 Å². The number of imidazole rings is 1. The first kappa shape index (κ1) is 12.9. The van der Waals surface area contributed by atoms with Crippen LogP contribution in [0.15, 0.2) is 16.7 Å². The molecule has 3 rings (SSSR count). The van der Waals surface area contributed by atoms with Crippen molar-refractivity contribution in [2.75, 3.05) is 6.54 Å². The molecule has 2 aromatic rings. The van der Waals surface area contributed by atoms with Crippen LogP contribution in [0.25, 0.3) is 5.65 Å². The number of hydrogen-bond donors (Lipinski definition) is 1. The second kappa shape index (κ2) is 5.09. The van der Waals surface area contributed by atoms with Gasteiger partial charge in [0.2, 0.25) is 0 Å². The lowest BCUT2D eigenvalue weighted by Gasteiger charge is -2.25. The molecule has 1 aliphatic carbocycles. The highest BCUT2D eigenvalue weighted by Crippen LogP contribution is 2.25. The van der Waals surface area contributed by atoms with E-state index in [4.69, 9.17) is 11.6 Å². The van der Waals surface area contributed by atoms with Gasteiger partial charge in [0.25, 0.3) is 5.91 Å². The zero-order valence-corrected chi connectivity index (χ0v) is 12.4. The molecule has 1 aliphatic rings. The summed E-state index contributed by atoms with van der Waals surface area (Å²) in [6, 6.07) is 3.37. The Labute approximate surface area is 123 Å². The third-order valence-electron chi connectivity index (χ3n) is 3.38. The summed E-state index contributed by atoms with van der Waals surface area (Å²) in [4.78, 5) is 16.3. The Kier molecular flexibility index (Phi) is 3.45. The molecule has 1 amide bonds. The molecular weight excluding hydrogens is 332 g/mol. The van der Waals surface area contributed by atoms with Crippen LogP contribution < -0.4 is 5.32 Å². The average molecular weight is 344 g/mol. The molecule has 2 aromatic heterocycles. The van der Waals surface area contributed by atoms with Gasteiger partial charge in [-0.25, -0.2) is 9.50 Å². The van der Waals surface area contributed by atoms with Crippen LogP contribution in [-0.2, 0) is 0 Å². The highest BCUT2D eigenvalue weighted by Gasteiger charge is 2.21. The van der Waals surface area contributed by atoms with Crippen LogP contribution in [0, 0.1) is 5.92 Å². The minimum absolute atomic E-state index is 0.180. The fourth-order valence-electron chi connectivity index (χ4n) is 2.05. The van der Waals surface area contributed by atoms with Gasteiger partial charge in [-0.15, -0.1) is 0 Å². The summed E-state index contributed by atoms with van der Waals surface area (Å²) in [6.07, 6.45) is 3.66. The predicted octanol–water partition coefficient (Wildman–Crippen LogP) is 2.68. The second-order valence-electron chi connectivity index (χ2n) is 4.68. The quantitative estimate of drug-likeness (QED) is 0.932. The molecule has 0 spiro atoms. The first-order valence-electron chi connectivity index (χ1n) is 6.14. The molecule has 1 fully saturated rings. The normalized spacial score (nSPS) is 15.5. The molecule has 5 nitrogen and oxygen atoms in total. The minimum atomic E-state index is -0.180. The van der Waals surface area contributed by atoms with Gasteiger partial charge in [0.05, 0.1) is 0 Å². The third-order valence-corrected chi connectivity index (χ3v) is 4.29. The van der Waals surface area contributed by atoms with Crippen LogP contribution in [-0.4, -0.2) is 27.0 Å². The molecule has 0 unspecified atom stereocenters. The minimum Gasteiger partial charge on any atom is -0.350 e. The summed E-state index contributed by atoms with van der Waals surface area (Å²) in [6.45, 7) is 0.716. The molecule has 2 heterocycles. The Morgan fingerprint density at radius 1 is 1.53 bits per heavy atom. The highest BCUT2D eigenvalue weighted by molar-refractivity contribution is 9.10. The van der Waals surface area contributed by atoms with Crippen molar-refractivity contribution >= 4 is 39.1 Å². The molecule has 0 aliphatic heterocycles. The summed E-state index contributed by atoms with van der Waals surface area (Å²) < 4.78 is 2.04. The molecule has 7 heteroatoms. The van der Waals surface area contributed by atoms with Crippen molar-refractivity contribution in [3.63, 3.8) is 0 Å². The summed E-state index contributed by atoms with van der Waals surface area (Å²) in [5.41, 5.74) is 0.930. The lowest BCUT2D eigenvalue weighted by atomic mass is 9.85. The van der Waals surface area contributed by atoms with Crippen LogP contribution in [0.4, 0.5) is 0 Å². The number of hydrogen-bond acceptors (Lipinski definition) is 3. The van der Waals surface area contributed by atoms with Crippen LogP contribution >= 0.6 is 27.5 Å². The maximum Gasteiger partial charge on any atom is 0.272 e. The molecule has 0 aromatic carbocycles. The van der Waals surface area contributed by atoms with E-state index in [9.17, 15) is 4.79 Å². The van der Waals surface area contributed by atoms with E-state index in [1.807, 2.05) is 0 Å². The molecular formula is C12H12BrClN4O. The van der Waals surface area contributed by atoms with Gasteiger partial charge in [0.15, 0.2) is 11.3 Å². The van der Waals surface area contributed by atoms with Crippen molar-refractivity contribution in [2.45, 2.75) is 19.3 Å². The number of nitrogens with one attached hydrogen (secondary N) is 1. The van der Waals surface area contributed by atoms with Crippen LogP contribution in [0.5, 0.6) is 0 Å². The number of carbonyl (C=O) groups is 1. The summed E-state index contributed by atoms with van der Waals surface area (Å²) in [7, 11) is 0. The van der Waals surface area contributed by atoms with Crippen molar-refractivity contribution in [2.24, 2.45) is 5.92 Å². The van der Waals surface area contributed by atoms with E-state index in [-0.39, 0.29) is 5.91 Å².